The predicted molar refractivity (Wildman–Crippen MR) is 125 cm³/mol. The van der Waals surface area contributed by atoms with Crippen molar-refractivity contribution in [3.05, 3.63) is 68.5 Å². The van der Waals surface area contributed by atoms with Crippen LogP contribution in [0.5, 0.6) is 0 Å². The molecule has 0 aliphatic carbocycles. The summed E-state index contributed by atoms with van der Waals surface area (Å²) >= 11 is 9.54. The first-order valence-electron chi connectivity index (χ1n) is 9.02. The molecule has 0 atom stereocenters. The van der Waals surface area contributed by atoms with Gasteiger partial charge in [0, 0.05) is 22.5 Å². The monoisotopic (exact) mass is 515 g/mol. The number of benzene rings is 2. The first-order chi connectivity index (χ1) is 14.7. The van der Waals surface area contributed by atoms with Gasteiger partial charge < -0.3 is 0 Å². The van der Waals surface area contributed by atoms with Gasteiger partial charge in [-0.05, 0) is 49.5 Å². The zero-order chi connectivity index (χ0) is 22.4. The summed E-state index contributed by atoms with van der Waals surface area (Å²) in [6.45, 7) is 3.18. The molecule has 0 saturated carbocycles. The van der Waals surface area contributed by atoms with E-state index in [0.29, 0.717) is 21.3 Å². The molecule has 2 aliphatic rings. The Morgan fingerprint density at radius 3 is 2.39 bits per heavy atom. The number of hydrazine groups is 1. The number of anilines is 1. The number of aryl methyl sites for hydroxylation is 1. The molecule has 7 nitrogen and oxygen atoms in total. The first-order valence-corrected chi connectivity index (χ1v) is 11.0. The summed E-state index contributed by atoms with van der Waals surface area (Å²) in [5, 5.41) is 0.950. The molecule has 4 amide bonds. The molecular weight excluding hydrogens is 502 g/mol. The van der Waals surface area contributed by atoms with Gasteiger partial charge in [-0.2, -0.15) is 5.01 Å². The Morgan fingerprint density at radius 2 is 1.74 bits per heavy atom. The fourth-order valence-electron chi connectivity index (χ4n) is 3.26. The molecular formula is C21H14BrN3O4S2. The van der Waals surface area contributed by atoms with Crippen LogP contribution in [-0.2, 0) is 14.4 Å². The zero-order valence-corrected chi connectivity index (χ0v) is 19.5. The lowest BCUT2D eigenvalue weighted by Gasteiger charge is -2.15. The lowest BCUT2D eigenvalue weighted by molar-refractivity contribution is -0.125. The Labute approximate surface area is 195 Å². The number of fused-ring (bicyclic) bond motifs is 1. The number of nitrogens with zero attached hydrogens (tertiary/aromatic N) is 2. The molecule has 10 heteroatoms. The number of rotatable bonds is 2. The van der Waals surface area contributed by atoms with E-state index in [0.717, 1.165) is 27.2 Å². The van der Waals surface area contributed by atoms with Crippen LogP contribution in [0.15, 0.2) is 51.8 Å². The van der Waals surface area contributed by atoms with Crippen molar-refractivity contribution in [2.75, 3.05) is 4.90 Å². The van der Waals surface area contributed by atoms with Gasteiger partial charge in [-0.3, -0.25) is 24.6 Å². The van der Waals surface area contributed by atoms with Crippen molar-refractivity contribution >= 4 is 79.1 Å². The maximum atomic E-state index is 13.1. The highest BCUT2D eigenvalue weighted by Gasteiger charge is 2.44. The minimum absolute atomic E-state index is 0.0577. The molecule has 0 radical (unpaired) electrons. The molecule has 0 spiro atoms. The number of hydrogen-bond acceptors (Lipinski definition) is 6. The second-order valence-electron chi connectivity index (χ2n) is 6.84. The second-order valence-corrected chi connectivity index (χ2v) is 9.40. The third kappa shape index (κ3) is 3.71. The Kier molecular flexibility index (Phi) is 5.54. The smallest absolute Gasteiger partial charge is 0.274 e. The molecule has 2 aliphatic heterocycles. The molecule has 2 aromatic rings. The van der Waals surface area contributed by atoms with Gasteiger partial charge in [0.2, 0.25) is 5.91 Å². The molecule has 31 heavy (non-hydrogen) atoms. The lowest BCUT2D eigenvalue weighted by Crippen LogP contribution is -2.45. The van der Waals surface area contributed by atoms with E-state index in [1.807, 2.05) is 6.92 Å². The average Bonchev–Trinajstić information content (AvgIpc) is 3.15. The van der Waals surface area contributed by atoms with E-state index in [-0.39, 0.29) is 14.8 Å². The standard InChI is InChI=1S/C21H14BrN3O4S2/c1-10-3-5-12(6-4-10)18(27)23-25-20(29)17(31-21(25)30)16-14-9-13(22)7-8-15(14)24(11(2)26)19(16)28/h3-9H,1-2H3,(H,23,27). The topological polar surface area (TPSA) is 86.8 Å². The molecule has 0 unspecified atom stereocenters. The first kappa shape index (κ1) is 21.4. The van der Waals surface area contributed by atoms with Gasteiger partial charge in [0.1, 0.15) is 0 Å². The van der Waals surface area contributed by atoms with E-state index < -0.39 is 23.6 Å². The van der Waals surface area contributed by atoms with Gasteiger partial charge in [-0.1, -0.05) is 45.4 Å². The molecule has 156 valence electrons. The highest BCUT2D eigenvalue weighted by Crippen LogP contribution is 2.45. The van der Waals surface area contributed by atoms with Crippen molar-refractivity contribution in [3.8, 4) is 0 Å². The summed E-state index contributed by atoms with van der Waals surface area (Å²) in [6, 6.07) is 11.8. The van der Waals surface area contributed by atoms with E-state index >= 15 is 0 Å². The SMILES string of the molecule is CC(=O)N1C(=O)C(=C2SC(=S)N(NC(=O)c3ccc(C)cc3)C2=O)c2cc(Br)ccc21. The van der Waals surface area contributed by atoms with Crippen LogP contribution in [0.1, 0.15) is 28.4 Å². The Balaban J connectivity index is 1.72. The van der Waals surface area contributed by atoms with Gasteiger partial charge in [-0.25, -0.2) is 4.90 Å². The number of halogens is 1. The van der Waals surface area contributed by atoms with Crippen LogP contribution in [-0.4, -0.2) is 33.0 Å². The fraction of sp³-hybridized carbons (Fsp3) is 0.0952. The fourth-order valence-corrected chi connectivity index (χ4v) is 4.87. The van der Waals surface area contributed by atoms with Gasteiger partial charge in [0.05, 0.1) is 16.2 Å². The number of thiocarbonyl (C=S) groups is 1. The molecule has 4 rings (SSSR count). The minimum Gasteiger partial charge on any atom is -0.274 e. The number of carbonyl (C=O) groups is 4. The van der Waals surface area contributed by atoms with E-state index in [1.54, 1.807) is 42.5 Å². The van der Waals surface area contributed by atoms with Crippen molar-refractivity contribution in [1.82, 2.24) is 10.4 Å². The largest absolute Gasteiger partial charge is 0.286 e. The third-order valence-corrected chi connectivity index (χ3v) is 6.59. The lowest BCUT2D eigenvalue weighted by atomic mass is 10.1. The summed E-state index contributed by atoms with van der Waals surface area (Å²) in [4.78, 5) is 51.9. The van der Waals surface area contributed by atoms with Crippen LogP contribution >= 0.6 is 39.9 Å². The molecule has 0 aromatic heterocycles. The van der Waals surface area contributed by atoms with Crippen LogP contribution in [0, 0.1) is 6.92 Å². The maximum absolute atomic E-state index is 13.1. The van der Waals surface area contributed by atoms with Gasteiger partial charge >= 0.3 is 0 Å². The van der Waals surface area contributed by atoms with Crippen molar-refractivity contribution in [3.63, 3.8) is 0 Å². The molecule has 1 N–H and O–H groups in total. The van der Waals surface area contributed by atoms with E-state index in [1.165, 1.54) is 6.92 Å². The zero-order valence-electron chi connectivity index (χ0n) is 16.3. The van der Waals surface area contributed by atoms with Crippen LogP contribution in [0.4, 0.5) is 5.69 Å². The Morgan fingerprint density at radius 1 is 1.06 bits per heavy atom. The number of carbonyl (C=O) groups excluding carboxylic acids is 4. The molecule has 0 bridgehead atoms. The van der Waals surface area contributed by atoms with Crippen molar-refractivity contribution < 1.29 is 19.2 Å². The van der Waals surface area contributed by atoms with Gasteiger partial charge in [0.25, 0.3) is 17.7 Å². The van der Waals surface area contributed by atoms with Crippen molar-refractivity contribution in [1.29, 1.82) is 0 Å². The number of amides is 4. The summed E-state index contributed by atoms with van der Waals surface area (Å²) < 4.78 is 0.767. The minimum atomic E-state index is -0.630. The predicted octanol–water partition coefficient (Wildman–Crippen LogP) is 3.57. The van der Waals surface area contributed by atoms with Gasteiger partial charge in [-0.15, -0.1) is 0 Å². The van der Waals surface area contributed by atoms with E-state index in [4.69, 9.17) is 12.2 Å². The normalized spacial score (nSPS) is 18.0. The summed E-state index contributed by atoms with van der Waals surface area (Å²) in [5.74, 6) is -2.21. The summed E-state index contributed by atoms with van der Waals surface area (Å²) in [6.07, 6.45) is 0. The highest BCUT2D eigenvalue weighted by molar-refractivity contribution is 9.10. The third-order valence-electron chi connectivity index (χ3n) is 4.72. The Bertz CT molecular complexity index is 1220. The quantitative estimate of drug-likeness (QED) is 0.486. The molecule has 1 saturated heterocycles. The second kappa shape index (κ2) is 8.03. The number of imide groups is 1. The molecule has 1 fully saturated rings. The average molecular weight is 516 g/mol. The highest BCUT2D eigenvalue weighted by atomic mass is 79.9. The van der Waals surface area contributed by atoms with Crippen molar-refractivity contribution in [2.45, 2.75) is 13.8 Å². The number of nitrogens with one attached hydrogen (secondary N) is 1. The van der Waals surface area contributed by atoms with Gasteiger partial charge in [0.15, 0.2) is 4.32 Å². The van der Waals surface area contributed by atoms with Crippen LogP contribution < -0.4 is 10.3 Å². The molecule has 2 aromatic carbocycles. The van der Waals surface area contributed by atoms with Crippen LogP contribution in [0.3, 0.4) is 0 Å². The van der Waals surface area contributed by atoms with Crippen molar-refractivity contribution in [2.24, 2.45) is 0 Å². The van der Waals surface area contributed by atoms with E-state index in [9.17, 15) is 19.2 Å². The molecule has 2 heterocycles. The maximum Gasteiger partial charge on any atom is 0.286 e. The summed E-state index contributed by atoms with van der Waals surface area (Å²) in [5.41, 5.74) is 4.77. The van der Waals surface area contributed by atoms with Crippen LogP contribution in [0.2, 0.25) is 0 Å². The van der Waals surface area contributed by atoms with Crippen LogP contribution in [0.25, 0.3) is 5.57 Å². The van der Waals surface area contributed by atoms with E-state index in [2.05, 4.69) is 21.4 Å². The summed E-state index contributed by atoms with van der Waals surface area (Å²) in [7, 11) is 0. The number of hydrogen-bond donors (Lipinski definition) is 1. The Hall–Kier alpha value is -2.82. The number of thioether (sulfide) groups is 1.